The second-order valence-corrected chi connectivity index (χ2v) is 5.53. The maximum atomic E-state index is 12.2. The molecule has 0 bridgehead atoms. The van der Waals surface area contributed by atoms with Crippen LogP contribution in [0.15, 0.2) is 35.3 Å². The zero-order chi connectivity index (χ0) is 16.9. The average molecular weight is 446 g/mol. The van der Waals surface area contributed by atoms with E-state index in [9.17, 15) is 4.79 Å². The van der Waals surface area contributed by atoms with Crippen LogP contribution in [-0.2, 0) is 11.3 Å². The Morgan fingerprint density at radius 2 is 1.88 bits per heavy atom. The topological polar surface area (TPSA) is 56.7 Å². The molecule has 0 aromatic heterocycles. The van der Waals surface area contributed by atoms with Gasteiger partial charge in [-0.25, -0.2) is 0 Å². The van der Waals surface area contributed by atoms with Gasteiger partial charge < -0.3 is 15.5 Å². The lowest BCUT2D eigenvalue weighted by molar-refractivity contribution is -0.130. The van der Waals surface area contributed by atoms with Crippen LogP contribution in [0.25, 0.3) is 0 Å². The number of hydrogen-bond acceptors (Lipinski definition) is 2. The van der Waals surface area contributed by atoms with Gasteiger partial charge in [-0.15, -0.1) is 24.0 Å². The second-order valence-electron chi connectivity index (χ2n) is 5.53. The highest BCUT2D eigenvalue weighted by atomic mass is 127. The van der Waals surface area contributed by atoms with Crippen LogP contribution < -0.4 is 10.6 Å². The van der Waals surface area contributed by atoms with Gasteiger partial charge in [0.15, 0.2) is 5.96 Å². The SMILES string of the molecule is CCCCN=C(NCC)NCCC(=O)N(C)Cc1ccccc1.I. The summed E-state index contributed by atoms with van der Waals surface area (Å²) in [6, 6.07) is 10.0. The van der Waals surface area contributed by atoms with Gasteiger partial charge in [0.05, 0.1) is 0 Å². The molecule has 0 unspecified atom stereocenters. The van der Waals surface area contributed by atoms with Gasteiger partial charge in [0.2, 0.25) is 5.91 Å². The van der Waals surface area contributed by atoms with Crippen LogP contribution in [0, 0.1) is 0 Å². The largest absolute Gasteiger partial charge is 0.357 e. The normalized spacial score (nSPS) is 10.7. The van der Waals surface area contributed by atoms with Gasteiger partial charge in [-0.3, -0.25) is 9.79 Å². The molecule has 0 aliphatic rings. The molecule has 0 radical (unpaired) electrons. The Morgan fingerprint density at radius 3 is 2.50 bits per heavy atom. The number of nitrogens with one attached hydrogen (secondary N) is 2. The number of benzene rings is 1. The van der Waals surface area contributed by atoms with E-state index in [1.165, 1.54) is 0 Å². The van der Waals surface area contributed by atoms with E-state index < -0.39 is 0 Å². The zero-order valence-corrected chi connectivity index (χ0v) is 17.4. The van der Waals surface area contributed by atoms with Crippen molar-refractivity contribution in [2.24, 2.45) is 4.99 Å². The number of nitrogens with zero attached hydrogens (tertiary/aromatic N) is 2. The number of guanidine groups is 1. The van der Waals surface area contributed by atoms with Crippen molar-refractivity contribution < 1.29 is 4.79 Å². The summed E-state index contributed by atoms with van der Waals surface area (Å²) >= 11 is 0. The third-order valence-corrected chi connectivity index (χ3v) is 3.45. The van der Waals surface area contributed by atoms with Gasteiger partial charge >= 0.3 is 0 Å². The predicted molar refractivity (Wildman–Crippen MR) is 112 cm³/mol. The number of hydrogen-bond donors (Lipinski definition) is 2. The summed E-state index contributed by atoms with van der Waals surface area (Å²) in [4.78, 5) is 18.4. The Hall–Kier alpha value is -1.31. The fourth-order valence-corrected chi connectivity index (χ4v) is 2.11. The Labute approximate surface area is 163 Å². The third kappa shape index (κ3) is 9.75. The Morgan fingerprint density at radius 1 is 1.17 bits per heavy atom. The van der Waals surface area contributed by atoms with E-state index in [2.05, 4.69) is 22.5 Å². The first kappa shape index (κ1) is 22.7. The number of carbonyl (C=O) groups is 1. The van der Waals surface area contributed by atoms with Crippen LogP contribution in [-0.4, -0.2) is 43.4 Å². The molecule has 1 rings (SSSR count). The highest BCUT2D eigenvalue weighted by molar-refractivity contribution is 14.0. The van der Waals surface area contributed by atoms with Crippen LogP contribution in [0.2, 0.25) is 0 Å². The van der Waals surface area contributed by atoms with E-state index in [1.54, 1.807) is 4.90 Å². The summed E-state index contributed by atoms with van der Waals surface area (Å²) in [7, 11) is 1.84. The summed E-state index contributed by atoms with van der Waals surface area (Å²) in [5.74, 6) is 0.922. The molecule has 0 heterocycles. The molecule has 0 atom stereocenters. The number of rotatable bonds is 9. The van der Waals surface area contributed by atoms with Gasteiger partial charge in [-0.2, -0.15) is 0 Å². The number of halogens is 1. The first-order chi connectivity index (χ1) is 11.2. The van der Waals surface area contributed by atoms with E-state index in [0.29, 0.717) is 19.5 Å². The van der Waals surface area contributed by atoms with Crippen molar-refractivity contribution in [1.82, 2.24) is 15.5 Å². The Balaban J connectivity index is 0.00000529. The molecule has 1 amide bonds. The Bertz CT molecular complexity index is 479. The van der Waals surface area contributed by atoms with E-state index >= 15 is 0 Å². The van der Waals surface area contributed by atoms with Crippen molar-refractivity contribution in [2.45, 2.75) is 39.7 Å². The van der Waals surface area contributed by atoms with Crippen molar-refractivity contribution in [2.75, 3.05) is 26.7 Å². The summed E-state index contributed by atoms with van der Waals surface area (Å²) in [5.41, 5.74) is 1.14. The third-order valence-electron chi connectivity index (χ3n) is 3.45. The van der Waals surface area contributed by atoms with Gasteiger partial charge in [0, 0.05) is 39.6 Å². The molecule has 0 saturated carbocycles. The minimum atomic E-state index is 0. The lowest BCUT2D eigenvalue weighted by Crippen LogP contribution is -2.39. The minimum Gasteiger partial charge on any atom is -0.357 e. The molecule has 0 saturated heterocycles. The van der Waals surface area contributed by atoms with Crippen LogP contribution in [0.4, 0.5) is 0 Å². The lowest BCUT2D eigenvalue weighted by atomic mass is 10.2. The number of aliphatic imine (C=N–C) groups is 1. The summed E-state index contributed by atoms with van der Waals surface area (Å²) in [5, 5.41) is 6.42. The van der Waals surface area contributed by atoms with Crippen molar-refractivity contribution >= 4 is 35.8 Å². The molecule has 6 heteroatoms. The second kappa shape index (κ2) is 14.1. The van der Waals surface area contributed by atoms with E-state index in [1.807, 2.05) is 44.3 Å². The highest BCUT2D eigenvalue weighted by Gasteiger charge is 2.09. The quantitative estimate of drug-likeness (QED) is 0.266. The molecular weight excluding hydrogens is 415 g/mol. The maximum absolute atomic E-state index is 12.2. The fourth-order valence-electron chi connectivity index (χ4n) is 2.11. The summed E-state index contributed by atoms with van der Waals surface area (Å²) in [6.45, 7) is 7.06. The first-order valence-electron chi connectivity index (χ1n) is 8.47. The van der Waals surface area contributed by atoms with Crippen LogP contribution in [0.5, 0.6) is 0 Å². The van der Waals surface area contributed by atoms with Gasteiger partial charge in [0.1, 0.15) is 0 Å². The molecule has 136 valence electrons. The van der Waals surface area contributed by atoms with Crippen LogP contribution in [0.3, 0.4) is 0 Å². The zero-order valence-electron chi connectivity index (χ0n) is 15.0. The molecule has 5 nitrogen and oxygen atoms in total. The lowest BCUT2D eigenvalue weighted by Gasteiger charge is -2.18. The summed E-state index contributed by atoms with van der Waals surface area (Å²) in [6.07, 6.45) is 2.67. The molecule has 1 aromatic carbocycles. The smallest absolute Gasteiger partial charge is 0.224 e. The molecular formula is C18H31IN4O. The standard InChI is InChI=1S/C18H30N4O.HI/c1-4-6-13-20-18(19-5-2)21-14-12-17(23)22(3)15-16-10-8-7-9-11-16;/h7-11H,4-6,12-15H2,1-3H3,(H2,19,20,21);1H. The van der Waals surface area contributed by atoms with Crippen LogP contribution in [0.1, 0.15) is 38.7 Å². The molecule has 0 fully saturated rings. The fraction of sp³-hybridized carbons (Fsp3) is 0.556. The monoisotopic (exact) mass is 446 g/mol. The number of unbranched alkanes of at least 4 members (excludes halogenated alkanes) is 1. The predicted octanol–water partition coefficient (Wildman–Crippen LogP) is 3.01. The molecule has 0 aliphatic heterocycles. The van der Waals surface area contributed by atoms with Gasteiger partial charge in [-0.1, -0.05) is 43.7 Å². The highest BCUT2D eigenvalue weighted by Crippen LogP contribution is 2.03. The minimum absolute atomic E-state index is 0. The van der Waals surface area contributed by atoms with Crippen molar-refractivity contribution in [3.63, 3.8) is 0 Å². The van der Waals surface area contributed by atoms with E-state index in [0.717, 1.165) is 37.5 Å². The molecule has 0 aliphatic carbocycles. The molecule has 0 spiro atoms. The maximum Gasteiger partial charge on any atom is 0.224 e. The Kier molecular flexibility index (Phi) is 13.3. The number of carbonyl (C=O) groups excluding carboxylic acids is 1. The first-order valence-corrected chi connectivity index (χ1v) is 8.47. The average Bonchev–Trinajstić information content (AvgIpc) is 2.55. The van der Waals surface area contributed by atoms with Crippen molar-refractivity contribution in [3.05, 3.63) is 35.9 Å². The van der Waals surface area contributed by atoms with E-state index in [-0.39, 0.29) is 29.9 Å². The number of amides is 1. The molecule has 2 N–H and O–H groups in total. The van der Waals surface area contributed by atoms with Gasteiger partial charge in [-0.05, 0) is 18.9 Å². The van der Waals surface area contributed by atoms with Crippen molar-refractivity contribution in [1.29, 1.82) is 0 Å². The van der Waals surface area contributed by atoms with Crippen LogP contribution >= 0.6 is 24.0 Å². The van der Waals surface area contributed by atoms with Crippen molar-refractivity contribution in [3.8, 4) is 0 Å². The molecule has 1 aromatic rings. The van der Waals surface area contributed by atoms with Gasteiger partial charge in [0.25, 0.3) is 0 Å². The molecule has 24 heavy (non-hydrogen) atoms. The summed E-state index contributed by atoms with van der Waals surface area (Å²) < 4.78 is 0. The van der Waals surface area contributed by atoms with E-state index in [4.69, 9.17) is 0 Å².